The van der Waals surface area contributed by atoms with Crippen molar-refractivity contribution in [2.45, 2.75) is 18.7 Å². The Morgan fingerprint density at radius 3 is 2.42 bits per heavy atom. The van der Waals surface area contributed by atoms with E-state index in [4.69, 9.17) is 10.3 Å². The molecule has 0 aliphatic rings. The number of sulfone groups is 1. The van der Waals surface area contributed by atoms with Crippen LogP contribution in [0.25, 0.3) is 21.5 Å². The van der Waals surface area contributed by atoms with Crippen LogP contribution in [-0.2, 0) is 24.4 Å². The molecule has 0 spiro atoms. The van der Waals surface area contributed by atoms with Gasteiger partial charge in [0.1, 0.15) is 5.69 Å². The van der Waals surface area contributed by atoms with Gasteiger partial charge in [-0.25, -0.2) is 12.6 Å². The number of nitrogen functional groups attached to an aromatic ring is 1. The first-order valence-corrected chi connectivity index (χ1v) is 13.7. The first kappa shape index (κ1) is 25.5. The number of benzene rings is 4. The van der Waals surface area contributed by atoms with E-state index in [0.717, 1.165) is 10.9 Å². The van der Waals surface area contributed by atoms with E-state index in [1.54, 1.807) is 37.3 Å². The Balaban J connectivity index is 1.73. The number of anilines is 1. The molecule has 12 heteroatoms. The Kier molecular flexibility index (Phi) is 6.71. The molecular weight excluding hydrogens is 506 g/mol. The van der Waals surface area contributed by atoms with Gasteiger partial charge in [0, 0.05) is 16.5 Å². The lowest BCUT2D eigenvalue weighted by Crippen LogP contribution is -2.15. The zero-order valence-corrected chi connectivity index (χ0v) is 21.0. The van der Waals surface area contributed by atoms with Crippen molar-refractivity contribution in [3.63, 3.8) is 0 Å². The third kappa shape index (κ3) is 5.31. The van der Waals surface area contributed by atoms with Crippen molar-refractivity contribution in [1.82, 2.24) is 0 Å². The summed E-state index contributed by atoms with van der Waals surface area (Å²) in [6, 6.07) is 15.0. The molecule has 0 saturated carbocycles. The van der Waals surface area contributed by atoms with Gasteiger partial charge in [-0.3, -0.25) is 4.55 Å². The summed E-state index contributed by atoms with van der Waals surface area (Å²) in [4.78, 5) is -0.0520. The minimum absolute atomic E-state index is 0.0520. The molecule has 0 amide bonds. The summed E-state index contributed by atoms with van der Waals surface area (Å²) in [5, 5.41) is 21.5. The molecule has 0 aromatic heterocycles. The molecule has 0 aliphatic carbocycles. The SMILES string of the molecule is Cc1cc(N)c2c(O)c(N=Nc3ccc4cccc(S(=O)(=O)CCOS(=O)(=O)O)c4c3)c(C)cc2c1. The minimum Gasteiger partial charge on any atom is -0.505 e. The van der Waals surface area contributed by atoms with Crippen LogP contribution < -0.4 is 5.73 Å². The van der Waals surface area contributed by atoms with E-state index in [9.17, 15) is 21.9 Å². The molecule has 10 nitrogen and oxygen atoms in total. The molecule has 0 unspecified atom stereocenters. The molecule has 0 aliphatic heterocycles. The Labute approximate surface area is 207 Å². The van der Waals surface area contributed by atoms with E-state index >= 15 is 0 Å². The van der Waals surface area contributed by atoms with Gasteiger partial charge < -0.3 is 10.8 Å². The lowest BCUT2D eigenvalue weighted by molar-refractivity contribution is 0.284. The van der Waals surface area contributed by atoms with Gasteiger partial charge in [-0.15, -0.1) is 5.11 Å². The third-order valence-electron chi connectivity index (χ3n) is 5.56. The van der Waals surface area contributed by atoms with Gasteiger partial charge in [0.2, 0.25) is 0 Å². The number of rotatable bonds is 7. The molecule has 4 aromatic carbocycles. The maximum Gasteiger partial charge on any atom is 0.397 e. The first-order chi connectivity index (χ1) is 16.9. The largest absolute Gasteiger partial charge is 0.505 e. The van der Waals surface area contributed by atoms with Gasteiger partial charge in [-0.05, 0) is 66.1 Å². The summed E-state index contributed by atoms with van der Waals surface area (Å²) >= 11 is 0. The second-order valence-electron chi connectivity index (χ2n) is 8.27. The molecule has 0 saturated heterocycles. The number of phenols is 1. The van der Waals surface area contributed by atoms with Crippen molar-refractivity contribution >= 4 is 58.8 Å². The highest BCUT2D eigenvalue weighted by Crippen LogP contribution is 2.42. The number of fused-ring (bicyclic) bond motifs is 2. The highest BCUT2D eigenvalue weighted by molar-refractivity contribution is 7.91. The summed E-state index contributed by atoms with van der Waals surface area (Å²) < 4.78 is 60.0. The Hall–Kier alpha value is -3.58. The maximum absolute atomic E-state index is 12.8. The number of aromatic hydroxyl groups is 1. The van der Waals surface area contributed by atoms with Crippen molar-refractivity contribution in [2.75, 3.05) is 18.1 Å². The van der Waals surface area contributed by atoms with Crippen LogP contribution in [0.1, 0.15) is 11.1 Å². The fourth-order valence-electron chi connectivity index (χ4n) is 4.00. The summed E-state index contributed by atoms with van der Waals surface area (Å²) in [5.74, 6) is -0.767. The Morgan fingerprint density at radius 1 is 0.944 bits per heavy atom. The zero-order chi connectivity index (χ0) is 26.3. The van der Waals surface area contributed by atoms with Gasteiger partial charge in [0.05, 0.1) is 22.9 Å². The average molecular weight is 530 g/mol. The third-order valence-corrected chi connectivity index (χ3v) is 7.76. The predicted molar refractivity (Wildman–Crippen MR) is 137 cm³/mol. The second-order valence-corrected chi connectivity index (χ2v) is 11.4. The molecular formula is C24H23N3O7S2. The summed E-state index contributed by atoms with van der Waals surface area (Å²) in [5.41, 5.74) is 8.73. The van der Waals surface area contributed by atoms with E-state index in [2.05, 4.69) is 14.4 Å². The number of aryl methyl sites for hydroxylation is 2. The fraction of sp³-hybridized carbons (Fsp3) is 0.167. The molecule has 4 aromatic rings. The smallest absolute Gasteiger partial charge is 0.397 e. The zero-order valence-electron chi connectivity index (χ0n) is 19.3. The van der Waals surface area contributed by atoms with E-state index < -0.39 is 32.6 Å². The van der Waals surface area contributed by atoms with Crippen LogP contribution >= 0.6 is 0 Å². The molecule has 4 N–H and O–H groups in total. The normalized spacial score (nSPS) is 12.6. The number of nitrogens with zero attached hydrogens (tertiary/aromatic N) is 2. The van der Waals surface area contributed by atoms with Crippen molar-refractivity contribution in [3.05, 3.63) is 65.7 Å². The van der Waals surface area contributed by atoms with E-state index in [1.807, 2.05) is 19.1 Å². The highest BCUT2D eigenvalue weighted by atomic mass is 32.3. The summed E-state index contributed by atoms with van der Waals surface area (Å²) in [6.45, 7) is 2.96. The van der Waals surface area contributed by atoms with Crippen molar-refractivity contribution < 1.29 is 30.7 Å². The Morgan fingerprint density at radius 2 is 1.69 bits per heavy atom. The molecule has 36 heavy (non-hydrogen) atoms. The van der Waals surface area contributed by atoms with Gasteiger partial charge in [-0.2, -0.15) is 13.5 Å². The second kappa shape index (κ2) is 9.47. The topological polar surface area (TPSA) is 169 Å². The van der Waals surface area contributed by atoms with E-state index in [1.165, 1.54) is 12.1 Å². The molecule has 4 rings (SSSR count). The number of nitrogens with two attached hydrogens (primary N) is 1. The van der Waals surface area contributed by atoms with Crippen molar-refractivity contribution in [2.24, 2.45) is 10.2 Å². The Bertz CT molecular complexity index is 1750. The number of hydrogen-bond donors (Lipinski definition) is 3. The van der Waals surface area contributed by atoms with Crippen LogP contribution in [-0.4, -0.2) is 38.9 Å². The van der Waals surface area contributed by atoms with Crippen LogP contribution in [0.3, 0.4) is 0 Å². The standard InChI is InChI=1S/C24H23N3O7S2/c1-14-10-17-12-15(2)23(24(28)22(17)20(25)11-14)27-26-18-7-6-16-4-3-5-21(19(16)13-18)35(29,30)9-8-34-36(31,32)33/h3-7,10-13,28H,8-9,25H2,1-2H3,(H,31,32,33). The van der Waals surface area contributed by atoms with Crippen molar-refractivity contribution in [1.29, 1.82) is 0 Å². The quantitative estimate of drug-likeness (QED) is 0.172. The van der Waals surface area contributed by atoms with Crippen LogP contribution in [0, 0.1) is 13.8 Å². The summed E-state index contributed by atoms with van der Waals surface area (Å²) in [7, 11) is -8.72. The number of hydrogen-bond acceptors (Lipinski definition) is 9. The summed E-state index contributed by atoms with van der Waals surface area (Å²) in [6.07, 6.45) is 0. The molecule has 0 radical (unpaired) electrons. The molecule has 0 bridgehead atoms. The molecule has 0 atom stereocenters. The van der Waals surface area contributed by atoms with Crippen LogP contribution in [0.5, 0.6) is 5.75 Å². The van der Waals surface area contributed by atoms with E-state index in [-0.39, 0.29) is 16.3 Å². The molecule has 0 heterocycles. The number of phenolic OH excluding ortho intramolecular Hbond substituents is 1. The monoisotopic (exact) mass is 529 g/mol. The lowest BCUT2D eigenvalue weighted by atomic mass is 10.0. The van der Waals surface area contributed by atoms with Gasteiger partial charge in [0.15, 0.2) is 15.6 Å². The van der Waals surface area contributed by atoms with Gasteiger partial charge >= 0.3 is 10.4 Å². The van der Waals surface area contributed by atoms with Crippen LogP contribution in [0.15, 0.2) is 69.7 Å². The highest BCUT2D eigenvalue weighted by Gasteiger charge is 2.19. The van der Waals surface area contributed by atoms with Crippen LogP contribution in [0.2, 0.25) is 0 Å². The van der Waals surface area contributed by atoms with Gasteiger partial charge in [0.25, 0.3) is 0 Å². The minimum atomic E-state index is -4.76. The average Bonchev–Trinajstić information content (AvgIpc) is 2.76. The van der Waals surface area contributed by atoms with E-state index in [0.29, 0.717) is 33.1 Å². The fourth-order valence-corrected chi connectivity index (χ4v) is 5.72. The predicted octanol–water partition coefficient (Wildman–Crippen LogP) is 4.91. The molecule has 188 valence electrons. The number of azo groups is 1. The van der Waals surface area contributed by atoms with Gasteiger partial charge in [-0.1, -0.05) is 24.3 Å². The molecule has 0 fully saturated rings. The van der Waals surface area contributed by atoms with Crippen molar-refractivity contribution in [3.8, 4) is 5.75 Å². The lowest BCUT2D eigenvalue weighted by Gasteiger charge is -2.11. The maximum atomic E-state index is 12.8. The van der Waals surface area contributed by atoms with Crippen LogP contribution in [0.4, 0.5) is 17.1 Å². The first-order valence-electron chi connectivity index (χ1n) is 10.7.